The van der Waals surface area contributed by atoms with Gasteiger partial charge in [0.15, 0.2) is 0 Å². The fraction of sp³-hybridized carbons (Fsp3) is 0. The maximum Gasteiger partial charge on any atom is 0.560 e. The van der Waals surface area contributed by atoms with E-state index >= 15 is 0 Å². The van der Waals surface area contributed by atoms with Gasteiger partial charge in [0.25, 0.3) is 0 Å². The fourth-order valence-corrected chi connectivity index (χ4v) is 1.48. The molecule has 86 valence electrons. The first-order chi connectivity index (χ1) is 8.16. The van der Waals surface area contributed by atoms with E-state index < -0.39 is 12.9 Å². The topological polar surface area (TPSA) is 29.5 Å². The van der Waals surface area contributed by atoms with Crippen molar-refractivity contribution in [2.45, 2.75) is 0 Å². The average Bonchev–Trinajstić information content (AvgIpc) is 2.35. The molecule has 0 aliphatic heterocycles. The molecule has 0 radical (unpaired) electrons. The SMILES string of the molecule is OB(Oc1ccc(Cl)c(F)c1)c1ccccc1. The summed E-state index contributed by atoms with van der Waals surface area (Å²) in [6.45, 7) is 0. The molecule has 0 atom stereocenters. The summed E-state index contributed by atoms with van der Waals surface area (Å²) in [5.41, 5.74) is 0.600. The lowest BCUT2D eigenvalue weighted by Gasteiger charge is -2.10. The maximum absolute atomic E-state index is 13.1. The molecule has 0 heterocycles. The Labute approximate surface area is 104 Å². The Kier molecular flexibility index (Phi) is 3.66. The van der Waals surface area contributed by atoms with Gasteiger partial charge in [-0.2, -0.15) is 0 Å². The minimum absolute atomic E-state index is 0.0200. The predicted molar refractivity (Wildman–Crippen MR) is 66.1 cm³/mol. The molecule has 0 spiro atoms. The molecule has 2 aromatic carbocycles. The van der Waals surface area contributed by atoms with Gasteiger partial charge in [0.2, 0.25) is 0 Å². The lowest BCUT2D eigenvalue weighted by atomic mass is 9.79. The first-order valence-corrected chi connectivity index (χ1v) is 5.39. The zero-order chi connectivity index (χ0) is 12.3. The molecule has 0 bridgehead atoms. The van der Waals surface area contributed by atoms with Crippen LogP contribution in [0.3, 0.4) is 0 Å². The predicted octanol–water partition coefficient (Wildman–Crippen LogP) is 2.25. The highest BCUT2D eigenvalue weighted by atomic mass is 35.5. The Bertz CT molecular complexity index is 507. The second-order valence-electron chi connectivity index (χ2n) is 3.46. The van der Waals surface area contributed by atoms with Crippen molar-refractivity contribution in [2.75, 3.05) is 0 Å². The van der Waals surface area contributed by atoms with Crippen LogP contribution in [-0.4, -0.2) is 12.1 Å². The Balaban J connectivity index is 2.13. The second kappa shape index (κ2) is 5.21. The Morgan fingerprint density at radius 1 is 1.12 bits per heavy atom. The molecular weight excluding hydrogens is 241 g/mol. The van der Waals surface area contributed by atoms with Crippen molar-refractivity contribution in [3.8, 4) is 5.75 Å². The van der Waals surface area contributed by atoms with Crippen LogP contribution in [0.2, 0.25) is 5.02 Å². The minimum atomic E-state index is -1.13. The van der Waals surface area contributed by atoms with Crippen LogP contribution >= 0.6 is 11.6 Å². The van der Waals surface area contributed by atoms with Crippen molar-refractivity contribution in [3.63, 3.8) is 0 Å². The summed E-state index contributed by atoms with van der Waals surface area (Å²) in [5, 5.41) is 9.78. The van der Waals surface area contributed by atoms with E-state index in [1.54, 1.807) is 24.3 Å². The lowest BCUT2D eigenvalue weighted by Crippen LogP contribution is -2.36. The van der Waals surface area contributed by atoms with Crippen LogP contribution in [0.15, 0.2) is 48.5 Å². The van der Waals surface area contributed by atoms with Crippen molar-refractivity contribution < 1.29 is 14.1 Å². The summed E-state index contributed by atoms with van der Waals surface area (Å²) in [5.74, 6) is -0.354. The monoisotopic (exact) mass is 250 g/mol. The highest BCUT2D eigenvalue weighted by Gasteiger charge is 2.18. The van der Waals surface area contributed by atoms with Gasteiger partial charge >= 0.3 is 7.12 Å². The van der Waals surface area contributed by atoms with Gasteiger partial charge in [0, 0.05) is 6.07 Å². The fourth-order valence-electron chi connectivity index (χ4n) is 1.36. The summed E-state index contributed by atoms with van der Waals surface area (Å²) in [4.78, 5) is 0. The molecule has 2 nitrogen and oxygen atoms in total. The highest BCUT2D eigenvalue weighted by molar-refractivity contribution is 6.60. The summed E-state index contributed by atoms with van der Waals surface area (Å²) in [6.07, 6.45) is 0. The normalized spacial score (nSPS) is 10.1. The Morgan fingerprint density at radius 3 is 2.47 bits per heavy atom. The van der Waals surface area contributed by atoms with Crippen molar-refractivity contribution in [1.82, 2.24) is 0 Å². The van der Waals surface area contributed by atoms with Gasteiger partial charge < -0.3 is 9.68 Å². The molecule has 1 N–H and O–H groups in total. The zero-order valence-corrected chi connectivity index (χ0v) is 9.56. The van der Waals surface area contributed by atoms with E-state index in [9.17, 15) is 9.41 Å². The van der Waals surface area contributed by atoms with Crippen molar-refractivity contribution in [1.29, 1.82) is 0 Å². The Morgan fingerprint density at radius 2 is 1.82 bits per heavy atom. The maximum atomic E-state index is 13.1. The van der Waals surface area contributed by atoms with E-state index in [0.717, 1.165) is 6.07 Å². The van der Waals surface area contributed by atoms with E-state index in [1.165, 1.54) is 12.1 Å². The third-order valence-electron chi connectivity index (χ3n) is 2.22. The molecule has 0 aliphatic carbocycles. The molecular formula is C12H9BClFO2. The number of rotatable bonds is 3. The minimum Gasteiger partial charge on any atom is -0.532 e. The molecule has 17 heavy (non-hydrogen) atoms. The first-order valence-electron chi connectivity index (χ1n) is 5.01. The van der Waals surface area contributed by atoms with E-state index in [-0.39, 0.29) is 10.8 Å². The third kappa shape index (κ3) is 2.99. The van der Waals surface area contributed by atoms with E-state index in [0.29, 0.717) is 5.46 Å². The molecule has 0 unspecified atom stereocenters. The van der Waals surface area contributed by atoms with Crippen LogP contribution in [-0.2, 0) is 0 Å². The quantitative estimate of drug-likeness (QED) is 0.847. The number of benzene rings is 2. The number of hydrogen-bond acceptors (Lipinski definition) is 2. The van der Waals surface area contributed by atoms with Crippen LogP contribution in [0.25, 0.3) is 0 Å². The van der Waals surface area contributed by atoms with E-state index in [4.69, 9.17) is 16.3 Å². The van der Waals surface area contributed by atoms with Gasteiger partial charge in [0.05, 0.1) is 5.02 Å². The molecule has 5 heteroatoms. The molecule has 2 aromatic rings. The van der Waals surface area contributed by atoms with Gasteiger partial charge in [-0.25, -0.2) is 4.39 Å². The summed E-state index contributed by atoms with van der Waals surface area (Å²) in [7, 11) is -1.13. The van der Waals surface area contributed by atoms with E-state index in [1.807, 2.05) is 6.07 Å². The lowest BCUT2D eigenvalue weighted by molar-refractivity contribution is 0.430. The molecule has 0 aliphatic rings. The first kappa shape index (κ1) is 12.0. The summed E-state index contributed by atoms with van der Waals surface area (Å²) >= 11 is 5.54. The molecule has 0 saturated carbocycles. The zero-order valence-electron chi connectivity index (χ0n) is 8.81. The van der Waals surface area contributed by atoms with Crippen LogP contribution < -0.4 is 10.1 Å². The van der Waals surface area contributed by atoms with Gasteiger partial charge in [-0.3, -0.25) is 0 Å². The molecule has 0 amide bonds. The summed E-state index contributed by atoms with van der Waals surface area (Å²) < 4.78 is 18.3. The van der Waals surface area contributed by atoms with E-state index in [2.05, 4.69) is 0 Å². The van der Waals surface area contributed by atoms with Gasteiger partial charge in [0.1, 0.15) is 11.6 Å². The van der Waals surface area contributed by atoms with Crippen LogP contribution in [0, 0.1) is 5.82 Å². The summed E-state index contributed by atoms with van der Waals surface area (Å²) in [6, 6.07) is 12.8. The van der Waals surface area contributed by atoms with Crippen LogP contribution in [0.4, 0.5) is 4.39 Å². The van der Waals surface area contributed by atoms with Crippen LogP contribution in [0.5, 0.6) is 5.75 Å². The third-order valence-corrected chi connectivity index (χ3v) is 2.53. The van der Waals surface area contributed by atoms with Gasteiger partial charge in [-0.15, -0.1) is 0 Å². The number of halogens is 2. The van der Waals surface area contributed by atoms with Crippen molar-refractivity contribution >= 4 is 24.2 Å². The average molecular weight is 250 g/mol. The van der Waals surface area contributed by atoms with Gasteiger partial charge in [-0.05, 0) is 17.6 Å². The molecule has 2 rings (SSSR count). The van der Waals surface area contributed by atoms with Crippen molar-refractivity contribution in [2.24, 2.45) is 0 Å². The molecule has 0 saturated heterocycles. The smallest absolute Gasteiger partial charge is 0.532 e. The second-order valence-corrected chi connectivity index (χ2v) is 3.86. The van der Waals surface area contributed by atoms with Crippen molar-refractivity contribution in [3.05, 3.63) is 59.4 Å². The molecule has 0 aromatic heterocycles. The number of hydrogen-bond donors (Lipinski definition) is 1. The van der Waals surface area contributed by atoms with Crippen LogP contribution in [0.1, 0.15) is 0 Å². The largest absolute Gasteiger partial charge is 0.560 e. The highest BCUT2D eigenvalue weighted by Crippen LogP contribution is 2.20. The standard InChI is InChI=1S/C12H9BClFO2/c14-11-7-6-10(8-12(11)15)17-13(16)9-4-2-1-3-5-9/h1-8,16H. The Hall–Kier alpha value is -1.52. The van der Waals surface area contributed by atoms with Gasteiger partial charge in [-0.1, -0.05) is 41.9 Å². The molecule has 0 fully saturated rings.